The van der Waals surface area contributed by atoms with Gasteiger partial charge in [-0.15, -0.1) is 0 Å². The second-order valence-electron chi connectivity index (χ2n) is 8.35. The Bertz CT molecular complexity index is 1390. The van der Waals surface area contributed by atoms with E-state index in [1.165, 1.54) is 11.3 Å². The van der Waals surface area contributed by atoms with Gasteiger partial charge in [0.25, 0.3) is 0 Å². The van der Waals surface area contributed by atoms with Crippen LogP contribution >= 0.6 is 11.3 Å². The van der Waals surface area contributed by atoms with E-state index in [0.29, 0.717) is 42.1 Å². The quantitative estimate of drug-likeness (QED) is 0.351. The number of carbonyl (C=O) groups excluding carboxylic acids is 1. The molecule has 1 unspecified atom stereocenters. The molecule has 35 heavy (non-hydrogen) atoms. The lowest BCUT2D eigenvalue weighted by Crippen LogP contribution is -2.25. The molecule has 0 fully saturated rings. The van der Waals surface area contributed by atoms with E-state index >= 15 is 0 Å². The van der Waals surface area contributed by atoms with E-state index in [4.69, 9.17) is 24.3 Å². The smallest absolute Gasteiger partial charge is 0.226 e. The van der Waals surface area contributed by atoms with Gasteiger partial charge in [0.1, 0.15) is 11.6 Å². The summed E-state index contributed by atoms with van der Waals surface area (Å²) in [5, 5.41) is 8.54. The topological polar surface area (TPSA) is 87.5 Å². The second kappa shape index (κ2) is 9.58. The number of methoxy groups -OCH3 is 1. The molecular formula is C26H28N4O4S. The van der Waals surface area contributed by atoms with E-state index in [9.17, 15) is 4.79 Å². The number of amides is 1. The van der Waals surface area contributed by atoms with Crippen LogP contribution in [-0.2, 0) is 4.79 Å². The predicted octanol–water partition coefficient (Wildman–Crippen LogP) is 5.46. The molecule has 1 aliphatic rings. The first kappa shape index (κ1) is 23.2. The second-order valence-corrected chi connectivity index (χ2v) is 9.36. The summed E-state index contributed by atoms with van der Waals surface area (Å²) in [6, 6.07) is 11.7. The van der Waals surface area contributed by atoms with Gasteiger partial charge in [-0.05, 0) is 44.5 Å². The highest BCUT2D eigenvalue weighted by Crippen LogP contribution is 2.46. The summed E-state index contributed by atoms with van der Waals surface area (Å²) in [5.74, 6) is 2.50. The number of nitrogens with one attached hydrogen (secondary N) is 1. The molecule has 1 N–H and O–H groups in total. The third-order valence-electron chi connectivity index (χ3n) is 6.00. The lowest BCUT2D eigenvalue weighted by Gasteiger charge is -2.26. The Balaban J connectivity index is 1.62. The van der Waals surface area contributed by atoms with Crippen LogP contribution in [0.15, 0.2) is 36.4 Å². The van der Waals surface area contributed by atoms with Gasteiger partial charge in [-0.2, -0.15) is 9.78 Å². The van der Waals surface area contributed by atoms with Crippen molar-refractivity contribution in [3.63, 3.8) is 0 Å². The molecule has 2 aromatic carbocycles. The average Bonchev–Trinajstić information content (AvgIpc) is 3.42. The van der Waals surface area contributed by atoms with Crippen LogP contribution in [0.5, 0.6) is 17.2 Å². The van der Waals surface area contributed by atoms with E-state index in [0.717, 1.165) is 39.2 Å². The van der Waals surface area contributed by atoms with Crippen LogP contribution < -0.4 is 19.5 Å². The molecule has 9 heteroatoms. The van der Waals surface area contributed by atoms with E-state index in [2.05, 4.69) is 12.2 Å². The highest BCUT2D eigenvalue weighted by atomic mass is 32.1. The van der Waals surface area contributed by atoms with Crippen molar-refractivity contribution in [3.8, 4) is 22.4 Å². The highest BCUT2D eigenvalue weighted by molar-refractivity contribution is 7.20. The minimum atomic E-state index is -0.214. The Labute approximate surface area is 207 Å². The summed E-state index contributed by atoms with van der Waals surface area (Å²) in [6.07, 6.45) is 1.17. The zero-order chi connectivity index (χ0) is 24.5. The number of hydrogen-bond donors (Lipinski definition) is 1. The molecule has 2 aromatic heterocycles. The third-order valence-corrected chi connectivity index (χ3v) is 6.99. The van der Waals surface area contributed by atoms with Crippen LogP contribution in [0.25, 0.3) is 15.3 Å². The summed E-state index contributed by atoms with van der Waals surface area (Å²) in [7, 11) is 1.63. The third kappa shape index (κ3) is 4.20. The van der Waals surface area contributed by atoms with E-state index < -0.39 is 0 Å². The van der Waals surface area contributed by atoms with Gasteiger partial charge in [0.2, 0.25) is 11.0 Å². The first-order chi connectivity index (χ1) is 17.0. The number of fused-ring (bicyclic) bond motifs is 2. The number of anilines is 1. The number of rotatable bonds is 8. The Morgan fingerprint density at radius 3 is 2.83 bits per heavy atom. The van der Waals surface area contributed by atoms with E-state index in [1.807, 2.05) is 50.2 Å². The van der Waals surface area contributed by atoms with Crippen molar-refractivity contribution in [3.05, 3.63) is 53.2 Å². The number of aryl methyl sites for hydroxylation is 1. The fraction of sp³-hybridized carbons (Fsp3) is 0.346. The Morgan fingerprint density at radius 1 is 1.20 bits per heavy atom. The summed E-state index contributed by atoms with van der Waals surface area (Å²) in [6.45, 7) is 7.15. The van der Waals surface area contributed by atoms with Gasteiger partial charge in [0, 0.05) is 23.5 Å². The Hall–Kier alpha value is -3.59. The number of thiazole rings is 1. The molecule has 0 radical (unpaired) electrons. The molecule has 3 heterocycles. The number of hydrogen-bond acceptors (Lipinski definition) is 7. The van der Waals surface area contributed by atoms with Crippen LogP contribution in [0.4, 0.5) is 5.82 Å². The molecule has 0 saturated carbocycles. The number of aromatic nitrogens is 3. The maximum Gasteiger partial charge on any atom is 0.226 e. The molecular weight excluding hydrogens is 464 g/mol. The SMILES string of the molecule is CCCOc1c(OC)cccc1C1CC(=O)Nc2c1c(C)nn2-c1nc2ccc(OCC)cc2s1. The van der Waals surface area contributed by atoms with Gasteiger partial charge in [-0.3, -0.25) is 4.79 Å². The average molecular weight is 493 g/mol. The lowest BCUT2D eigenvalue weighted by molar-refractivity contribution is -0.116. The molecule has 0 spiro atoms. The molecule has 1 amide bonds. The summed E-state index contributed by atoms with van der Waals surface area (Å²) in [4.78, 5) is 17.7. The standard InChI is InChI=1S/C26H28N4O4S/c1-5-12-34-24-17(8-7-9-20(24)32-4)18-14-22(31)28-25-23(18)15(3)29-30(25)26-27-19-11-10-16(33-6-2)13-21(19)35-26/h7-11,13,18H,5-6,12,14H2,1-4H3,(H,28,31). The Morgan fingerprint density at radius 2 is 2.06 bits per heavy atom. The molecule has 0 bridgehead atoms. The van der Waals surface area contributed by atoms with Gasteiger partial charge in [0.05, 0.1) is 36.2 Å². The minimum Gasteiger partial charge on any atom is -0.494 e. The van der Waals surface area contributed by atoms with Crippen molar-refractivity contribution >= 4 is 33.3 Å². The monoisotopic (exact) mass is 492 g/mol. The van der Waals surface area contributed by atoms with Crippen molar-refractivity contribution in [1.82, 2.24) is 14.8 Å². The summed E-state index contributed by atoms with van der Waals surface area (Å²) < 4.78 is 20.1. The molecule has 1 atom stereocenters. The van der Waals surface area contributed by atoms with Crippen molar-refractivity contribution in [2.24, 2.45) is 0 Å². The van der Waals surface area contributed by atoms with Gasteiger partial charge >= 0.3 is 0 Å². The number of carbonyl (C=O) groups is 1. The van der Waals surface area contributed by atoms with Crippen LogP contribution in [0.3, 0.4) is 0 Å². The minimum absolute atomic E-state index is 0.0762. The van der Waals surface area contributed by atoms with Crippen LogP contribution in [0, 0.1) is 6.92 Å². The van der Waals surface area contributed by atoms with Gasteiger partial charge in [-0.25, -0.2) is 4.98 Å². The number of para-hydroxylation sites is 1. The zero-order valence-corrected chi connectivity index (χ0v) is 21.1. The largest absolute Gasteiger partial charge is 0.494 e. The van der Waals surface area contributed by atoms with Gasteiger partial charge < -0.3 is 19.5 Å². The number of benzene rings is 2. The maximum absolute atomic E-state index is 12.9. The van der Waals surface area contributed by atoms with Crippen LogP contribution in [-0.4, -0.2) is 41.0 Å². The molecule has 8 nitrogen and oxygen atoms in total. The highest BCUT2D eigenvalue weighted by Gasteiger charge is 2.35. The van der Waals surface area contributed by atoms with E-state index in [-0.39, 0.29) is 11.8 Å². The fourth-order valence-corrected chi connectivity index (χ4v) is 5.47. The van der Waals surface area contributed by atoms with Gasteiger partial charge in [0.15, 0.2) is 11.5 Å². The molecule has 1 aliphatic heterocycles. The predicted molar refractivity (Wildman–Crippen MR) is 137 cm³/mol. The first-order valence-electron chi connectivity index (χ1n) is 11.8. The summed E-state index contributed by atoms with van der Waals surface area (Å²) in [5.41, 5.74) is 3.58. The van der Waals surface area contributed by atoms with Crippen LogP contribution in [0.2, 0.25) is 0 Å². The maximum atomic E-state index is 12.9. The van der Waals surface area contributed by atoms with Crippen LogP contribution in [0.1, 0.15) is 49.4 Å². The van der Waals surface area contributed by atoms with Gasteiger partial charge in [-0.1, -0.05) is 30.4 Å². The van der Waals surface area contributed by atoms with Crippen molar-refractivity contribution in [2.75, 3.05) is 25.6 Å². The summed E-state index contributed by atoms with van der Waals surface area (Å²) >= 11 is 1.51. The molecule has 0 aliphatic carbocycles. The first-order valence-corrected chi connectivity index (χ1v) is 12.6. The zero-order valence-electron chi connectivity index (χ0n) is 20.3. The fourth-order valence-electron chi connectivity index (χ4n) is 4.52. The van der Waals surface area contributed by atoms with Crippen molar-refractivity contribution < 1.29 is 19.0 Å². The number of ether oxygens (including phenoxy) is 3. The molecule has 0 saturated heterocycles. The van der Waals surface area contributed by atoms with Crippen molar-refractivity contribution in [1.29, 1.82) is 0 Å². The van der Waals surface area contributed by atoms with E-state index in [1.54, 1.807) is 11.8 Å². The van der Waals surface area contributed by atoms with Crippen molar-refractivity contribution in [2.45, 2.75) is 39.5 Å². The number of nitrogens with zero attached hydrogens (tertiary/aromatic N) is 3. The normalized spacial score (nSPS) is 15.1. The lowest BCUT2D eigenvalue weighted by atomic mass is 9.85. The molecule has 5 rings (SSSR count). The molecule has 182 valence electrons. The Kier molecular flexibility index (Phi) is 6.34. The molecule has 4 aromatic rings.